The van der Waals surface area contributed by atoms with E-state index in [0.29, 0.717) is 11.4 Å². The Morgan fingerprint density at radius 2 is 1.71 bits per heavy atom. The number of carbonyl (C=O) groups excluding carboxylic acids is 1. The molecule has 0 bridgehead atoms. The van der Waals surface area contributed by atoms with Crippen LogP contribution in [-0.2, 0) is 10.3 Å². The third-order valence-electron chi connectivity index (χ3n) is 3.70. The summed E-state index contributed by atoms with van der Waals surface area (Å²) in [7, 11) is 0. The number of nitrogens with two attached hydrogens (primary N) is 1. The smallest absolute Gasteiger partial charge is 0.247 e. The highest BCUT2D eigenvalue weighted by Gasteiger charge is 2.36. The molecule has 110 valence electrons. The first-order chi connectivity index (χ1) is 9.98. The molecular formula is C17H19ClN2O. The highest BCUT2D eigenvalue weighted by Crippen LogP contribution is 2.30. The van der Waals surface area contributed by atoms with Crippen molar-refractivity contribution in [2.75, 3.05) is 5.32 Å². The number of carbonyl (C=O) groups is 1. The topological polar surface area (TPSA) is 55.1 Å². The zero-order valence-corrected chi connectivity index (χ0v) is 12.9. The van der Waals surface area contributed by atoms with Crippen molar-refractivity contribution >= 4 is 23.2 Å². The second kappa shape index (κ2) is 6.19. The van der Waals surface area contributed by atoms with Crippen LogP contribution in [0.1, 0.15) is 24.5 Å². The van der Waals surface area contributed by atoms with Crippen LogP contribution in [0.3, 0.4) is 0 Å². The molecule has 1 atom stereocenters. The summed E-state index contributed by atoms with van der Waals surface area (Å²) in [5.41, 5.74) is 7.58. The fraction of sp³-hybridized carbons (Fsp3) is 0.235. The minimum atomic E-state index is -0.945. The van der Waals surface area contributed by atoms with E-state index in [9.17, 15) is 4.79 Å². The molecule has 2 aromatic rings. The van der Waals surface area contributed by atoms with Gasteiger partial charge in [0.2, 0.25) is 5.91 Å². The average Bonchev–Trinajstić information content (AvgIpc) is 2.47. The Kier molecular flexibility index (Phi) is 4.53. The number of anilines is 1. The molecule has 1 amide bonds. The van der Waals surface area contributed by atoms with E-state index < -0.39 is 11.4 Å². The van der Waals surface area contributed by atoms with Crippen molar-refractivity contribution in [3.05, 3.63) is 64.7 Å². The molecule has 0 fully saturated rings. The van der Waals surface area contributed by atoms with Gasteiger partial charge >= 0.3 is 0 Å². The summed E-state index contributed by atoms with van der Waals surface area (Å²) in [5, 5.41) is 3.92. The summed E-state index contributed by atoms with van der Waals surface area (Å²) in [4.78, 5) is 12.1. The van der Waals surface area contributed by atoms with Gasteiger partial charge in [0.1, 0.15) is 5.54 Å². The van der Waals surface area contributed by atoms with Crippen LogP contribution in [0, 0.1) is 6.92 Å². The van der Waals surface area contributed by atoms with E-state index in [2.05, 4.69) is 5.32 Å². The molecule has 0 spiro atoms. The zero-order valence-electron chi connectivity index (χ0n) is 12.2. The predicted molar refractivity (Wildman–Crippen MR) is 87.4 cm³/mol. The fourth-order valence-corrected chi connectivity index (χ4v) is 2.49. The van der Waals surface area contributed by atoms with Crippen molar-refractivity contribution in [2.24, 2.45) is 5.73 Å². The molecular weight excluding hydrogens is 284 g/mol. The SMILES string of the molecule is CCC(Nc1ccc(C)cc1)(C(N)=O)c1ccc(Cl)cc1. The van der Waals surface area contributed by atoms with E-state index >= 15 is 0 Å². The number of rotatable bonds is 5. The van der Waals surface area contributed by atoms with E-state index in [1.54, 1.807) is 12.1 Å². The van der Waals surface area contributed by atoms with Gasteiger partial charge in [-0.2, -0.15) is 0 Å². The van der Waals surface area contributed by atoms with Crippen LogP contribution >= 0.6 is 11.6 Å². The van der Waals surface area contributed by atoms with Crippen LogP contribution < -0.4 is 11.1 Å². The lowest BCUT2D eigenvalue weighted by atomic mass is 9.86. The summed E-state index contributed by atoms with van der Waals surface area (Å²) in [6.45, 7) is 3.95. The summed E-state index contributed by atoms with van der Waals surface area (Å²) < 4.78 is 0. The molecule has 0 aliphatic rings. The molecule has 0 aliphatic carbocycles. The van der Waals surface area contributed by atoms with Gasteiger partial charge in [-0.05, 0) is 43.2 Å². The molecule has 0 aliphatic heterocycles. The summed E-state index contributed by atoms with van der Waals surface area (Å²) in [6, 6.07) is 15.1. The lowest BCUT2D eigenvalue weighted by molar-refractivity contribution is -0.122. The van der Waals surface area contributed by atoms with Gasteiger partial charge in [-0.3, -0.25) is 4.79 Å². The maximum Gasteiger partial charge on any atom is 0.247 e. The minimum absolute atomic E-state index is 0.409. The molecule has 0 radical (unpaired) electrons. The van der Waals surface area contributed by atoms with Crippen molar-refractivity contribution in [1.82, 2.24) is 0 Å². The second-order valence-electron chi connectivity index (χ2n) is 5.12. The quantitative estimate of drug-likeness (QED) is 0.881. The molecule has 4 heteroatoms. The van der Waals surface area contributed by atoms with E-state index in [0.717, 1.165) is 16.8 Å². The Morgan fingerprint density at radius 3 is 2.19 bits per heavy atom. The number of aryl methyl sites for hydroxylation is 1. The van der Waals surface area contributed by atoms with Gasteiger partial charge in [0.05, 0.1) is 0 Å². The standard InChI is InChI=1S/C17H19ClN2O/c1-3-17(16(19)21,13-6-8-14(18)9-7-13)20-15-10-4-12(2)5-11-15/h4-11,20H,3H2,1-2H3,(H2,19,21). The van der Waals surface area contributed by atoms with Crippen molar-refractivity contribution < 1.29 is 4.79 Å². The van der Waals surface area contributed by atoms with E-state index in [1.165, 1.54) is 0 Å². The minimum Gasteiger partial charge on any atom is -0.368 e. The maximum absolute atomic E-state index is 12.1. The Labute approximate surface area is 130 Å². The van der Waals surface area contributed by atoms with Crippen LogP contribution in [0.25, 0.3) is 0 Å². The number of hydrogen-bond donors (Lipinski definition) is 2. The van der Waals surface area contributed by atoms with Crippen molar-refractivity contribution in [3.8, 4) is 0 Å². The molecule has 2 rings (SSSR count). The average molecular weight is 303 g/mol. The number of benzene rings is 2. The first-order valence-electron chi connectivity index (χ1n) is 6.89. The summed E-state index contributed by atoms with van der Waals surface area (Å²) in [5.74, 6) is -0.409. The summed E-state index contributed by atoms with van der Waals surface area (Å²) >= 11 is 5.93. The van der Waals surface area contributed by atoms with Gasteiger partial charge < -0.3 is 11.1 Å². The first-order valence-corrected chi connectivity index (χ1v) is 7.26. The number of hydrogen-bond acceptors (Lipinski definition) is 2. The number of halogens is 1. The number of amides is 1. The highest BCUT2D eigenvalue weighted by molar-refractivity contribution is 6.30. The lowest BCUT2D eigenvalue weighted by Gasteiger charge is -2.32. The Balaban J connectivity index is 2.44. The van der Waals surface area contributed by atoms with Crippen LogP contribution in [0.4, 0.5) is 5.69 Å². The molecule has 3 nitrogen and oxygen atoms in total. The van der Waals surface area contributed by atoms with Crippen molar-refractivity contribution in [2.45, 2.75) is 25.8 Å². The third-order valence-corrected chi connectivity index (χ3v) is 3.95. The zero-order chi connectivity index (χ0) is 15.5. The van der Waals surface area contributed by atoms with Gasteiger partial charge in [-0.1, -0.05) is 48.4 Å². The van der Waals surface area contributed by atoms with Gasteiger partial charge in [0.25, 0.3) is 0 Å². The Bertz CT molecular complexity index is 622. The normalized spacial score (nSPS) is 13.5. The largest absolute Gasteiger partial charge is 0.368 e. The number of primary amides is 1. The van der Waals surface area contributed by atoms with Gasteiger partial charge in [0, 0.05) is 10.7 Å². The molecule has 1 unspecified atom stereocenters. The highest BCUT2D eigenvalue weighted by atomic mass is 35.5. The lowest BCUT2D eigenvalue weighted by Crippen LogP contribution is -2.47. The first kappa shape index (κ1) is 15.4. The van der Waals surface area contributed by atoms with Crippen LogP contribution in [0.5, 0.6) is 0 Å². The van der Waals surface area contributed by atoms with Gasteiger partial charge in [0.15, 0.2) is 0 Å². The van der Waals surface area contributed by atoms with Gasteiger partial charge in [-0.25, -0.2) is 0 Å². The molecule has 0 heterocycles. The maximum atomic E-state index is 12.1. The molecule has 21 heavy (non-hydrogen) atoms. The Morgan fingerprint density at radius 1 is 1.14 bits per heavy atom. The Hall–Kier alpha value is -2.00. The van der Waals surface area contributed by atoms with Crippen molar-refractivity contribution in [3.63, 3.8) is 0 Å². The van der Waals surface area contributed by atoms with E-state index in [-0.39, 0.29) is 0 Å². The van der Waals surface area contributed by atoms with Crippen LogP contribution in [0.15, 0.2) is 48.5 Å². The second-order valence-corrected chi connectivity index (χ2v) is 5.56. The molecule has 3 N–H and O–H groups in total. The third kappa shape index (κ3) is 3.19. The van der Waals surface area contributed by atoms with Gasteiger partial charge in [-0.15, -0.1) is 0 Å². The van der Waals surface area contributed by atoms with Crippen LogP contribution in [-0.4, -0.2) is 5.91 Å². The van der Waals surface area contributed by atoms with Crippen molar-refractivity contribution in [1.29, 1.82) is 0 Å². The summed E-state index contributed by atoms with van der Waals surface area (Å²) in [6.07, 6.45) is 0.540. The number of nitrogens with one attached hydrogen (secondary N) is 1. The predicted octanol–water partition coefficient (Wildman–Crippen LogP) is 3.85. The monoisotopic (exact) mass is 302 g/mol. The van der Waals surface area contributed by atoms with E-state index in [1.807, 2.05) is 50.2 Å². The molecule has 2 aromatic carbocycles. The van der Waals surface area contributed by atoms with Crippen LogP contribution in [0.2, 0.25) is 5.02 Å². The molecule has 0 saturated carbocycles. The molecule has 0 saturated heterocycles. The fourth-order valence-electron chi connectivity index (χ4n) is 2.36. The molecule has 0 aromatic heterocycles. The van der Waals surface area contributed by atoms with E-state index in [4.69, 9.17) is 17.3 Å².